The van der Waals surface area contributed by atoms with E-state index in [-0.39, 0.29) is 5.82 Å². The van der Waals surface area contributed by atoms with E-state index < -0.39 is 0 Å². The zero-order chi connectivity index (χ0) is 13.1. The molecular formula is C15H18FN3. The molecule has 1 aliphatic heterocycles. The fourth-order valence-corrected chi connectivity index (χ4v) is 2.61. The van der Waals surface area contributed by atoms with E-state index >= 15 is 0 Å². The summed E-state index contributed by atoms with van der Waals surface area (Å²) in [6.45, 7) is 2.88. The molecule has 0 spiro atoms. The Hall–Kier alpha value is -1.68. The number of halogens is 1. The molecule has 1 aliphatic rings. The highest BCUT2D eigenvalue weighted by atomic mass is 19.1. The van der Waals surface area contributed by atoms with E-state index in [0.29, 0.717) is 12.5 Å². The third-order valence-corrected chi connectivity index (χ3v) is 3.72. The summed E-state index contributed by atoms with van der Waals surface area (Å²) in [5.41, 5.74) is 2.39. The molecule has 1 N–H and O–H groups in total. The lowest BCUT2D eigenvalue weighted by molar-refractivity contribution is 0.460. The van der Waals surface area contributed by atoms with Gasteiger partial charge in [0.25, 0.3) is 0 Å². The number of piperidine rings is 1. The number of hydrogen-bond acceptors (Lipinski definition) is 2. The largest absolute Gasteiger partial charge is 0.317 e. The number of nitrogens with one attached hydrogen (secondary N) is 1. The van der Waals surface area contributed by atoms with Crippen molar-refractivity contribution in [3.8, 4) is 0 Å². The summed E-state index contributed by atoms with van der Waals surface area (Å²) in [4.78, 5) is 0. The summed E-state index contributed by atoms with van der Waals surface area (Å²) in [6, 6.07) is 6.60. The van der Waals surface area contributed by atoms with E-state index in [4.69, 9.17) is 0 Å². The molecule has 3 rings (SSSR count). The second kappa shape index (κ2) is 5.53. The summed E-state index contributed by atoms with van der Waals surface area (Å²) < 4.78 is 14.8. The zero-order valence-electron chi connectivity index (χ0n) is 10.8. The Labute approximate surface area is 112 Å². The molecule has 100 valence electrons. The topological polar surface area (TPSA) is 29.9 Å². The monoisotopic (exact) mass is 259 g/mol. The van der Waals surface area contributed by atoms with Crippen molar-refractivity contribution >= 4 is 0 Å². The van der Waals surface area contributed by atoms with E-state index in [1.165, 1.54) is 30.5 Å². The van der Waals surface area contributed by atoms with Crippen molar-refractivity contribution in [1.29, 1.82) is 0 Å². The molecule has 2 heterocycles. The van der Waals surface area contributed by atoms with Crippen LogP contribution in [0.15, 0.2) is 36.7 Å². The van der Waals surface area contributed by atoms with Crippen LogP contribution in [0.4, 0.5) is 4.39 Å². The number of nitrogens with zero attached hydrogens (tertiary/aromatic N) is 2. The minimum Gasteiger partial charge on any atom is -0.317 e. The predicted octanol–water partition coefficient (Wildman–Crippen LogP) is 2.54. The van der Waals surface area contributed by atoms with Crippen LogP contribution >= 0.6 is 0 Å². The van der Waals surface area contributed by atoms with Crippen LogP contribution in [0.3, 0.4) is 0 Å². The smallest absolute Gasteiger partial charge is 0.123 e. The Morgan fingerprint density at radius 3 is 2.68 bits per heavy atom. The lowest BCUT2D eigenvalue weighted by atomic mass is 9.93. The SMILES string of the molecule is Fc1ccc(Cn2cc(C3CCNCC3)cn2)cc1. The van der Waals surface area contributed by atoms with Crippen LogP contribution in [0.5, 0.6) is 0 Å². The first-order chi connectivity index (χ1) is 9.31. The standard InChI is InChI=1S/C15H18FN3/c16-15-3-1-12(2-4-15)10-19-11-14(9-18-19)13-5-7-17-8-6-13/h1-4,9,11,13,17H,5-8,10H2. The summed E-state index contributed by atoms with van der Waals surface area (Å²) in [7, 11) is 0. The number of rotatable bonds is 3. The van der Waals surface area contributed by atoms with Crippen LogP contribution in [-0.2, 0) is 6.54 Å². The van der Waals surface area contributed by atoms with Gasteiger partial charge in [-0.2, -0.15) is 5.10 Å². The average molecular weight is 259 g/mol. The van der Waals surface area contributed by atoms with Crippen LogP contribution in [0.2, 0.25) is 0 Å². The average Bonchev–Trinajstić information content (AvgIpc) is 2.91. The summed E-state index contributed by atoms with van der Waals surface area (Å²) in [5.74, 6) is 0.433. The molecule has 1 aromatic heterocycles. The molecule has 3 nitrogen and oxygen atoms in total. The molecule has 0 atom stereocenters. The highest BCUT2D eigenvalue weighted by Gasteiger charge is 2.16. The van der Waals surface area contributed by atoms with Crippen molar-refractivity contribution < 1.29 is 4.39 Å². The van der Waals surface area contributed by atoms with Crippen molar-refractivity contribution in [2.24, 2.45) is 0 Å². The van der Waals surface area contributed by atoms with Crippen LogP contribution in [-0.4, -0.2) is 22.9 Å². The number of aromatic nitrogens is 2. The maximum atomic E-state index is 12.8. The second-order valence-corrected chi connectivity index (χ2v) is 5.12. The molecule has 1 aromatic carbocycles. The van der Waals surface area contributed by atoms with E-state index in [9.17, 15) is 4.39 Å². The van der Waals surface area contributed by atoms with Gasteiger partial charge in [-0.25, -0.2) is 4.39 Å². The van der Waals surface area contributed by atoms with Crippen molar-refractivity contribution in [1.82, 2.24) is 15.1 Å². The van der Waals surface area contributed by atoms with Gasteiger partial charge in [-0.15, -0.1) is 0 Å². The maximum absolute atomic E-state index is 12.8. The summed E-state index contributed by atoms with van der Waals surface area (Å²) >= 11 is 0. The van der Waals surface area contributed by atoms with Gasteiger partial charge in [0.1, 0.15) is 5.82 Å². The zero-order valence-corrected chi connectivity index (χ0v) is 10.8. The normalized spacial score (nSPS) is 16.7. The molecule has 0 amide bonds. The Morgan fingerprint density at radius 2 is 1.95 bits per heavy atom. The quantitative estimate of drug-likeness (QED) is 0.918. The maximum Gasteiger partial charge on any atom is 0.123 e. The summed E-state index contributed by atoms with van der Waals surface area (Å²) in [6.07, 6.45) is 6.46. The highest BCUT2D eigenvalue weighted by molar-refractivity contribution is 5.18. The first-order valence-electron chi connectivity index (χ1n) is 6.79. The Balaban J connectivity index is 1.68. The first-order valence-corrected chi connectivity index (χ1v) is 6.79. The van der Waals surface area contributed by atoms with Crippen LogP contribution in [0.1, 0.15) is 29.9 Å². The third-order valence-electron chi connectivity index (χ3n) is 3.72. The fraction of sp³-hybridized carbons (Fsp3) is 0.400. The van der Waals surface area contributed by atoms with Crippen LogP contribution in [0.25, 0.3) is 0 Å². The van der Waals surface area contributed by atoms with Gasteiger partial charge in [-0.1, -0.05) is 12.1 Å². The molecule has 0 aliphatic carbocycles. The Kier molecular flexibility index (Phi) is 3.60. The molecule has 0 radical (unpaired) electrons. The van der Waals surface area contributed by atoms with Gasteiger partial charge in [-0.3, -0.25) is 4.68 Å². The van der Waals surface area contributed by atoms with Crippen LogP contribution < -0.4 is 5.32 Å². The number of hydrogen-bond donors (Lipinski definition) is 1. The molecular weight excluding hydrogens is 241 g/mol. The molecule has 0 saturated carbocycles. The first kappa shape index (κ1) is 12.4. The third kappa shape index (κ3) is 3.01. The van der Waals surface area contributed by atoms with Gasteiger partial charge in [0.2, 0.25) is 0 Å². The van der Waals surface area contributed by atoms with E-state index in [2.05, 4.69) is 16.6 Å². The van der Waals surface area contributed by atoms with Crippen molar-refractivity contribution in [3.63, 3.8) is 0 Å². The minimum absolute atomic E-state index is 0.195. The van der Waals surface area contributed by atoms with E-state index in [0.717, 1.165) is 18.7 Å². The van der Waals surface area contributed by atoms with Gasteiger partial charge in [-0.05, 0) is 55.1 Å². The van der Waals surface area contributed by atoms with Crippen LogP contribution in [0, 0.1) is 5.82 Å². The molecule has 1 saturated heterocycles. The van der Waals surface area contributed by atoms with Gasteiger partial charge < -0.3 is 5.32 Å². The number of benzene rings is 1. The highest BCUT2D eigenvalue weighted by Crippen LogP contribution is 2.24. The molecule has 2 aromatic rings. The minimum atomic E-state index is -0.195. The van der Waals surface area contributed by atoms with Crippen molar-refractivity contribution in [3.05, 3.63) is 53.6 Å². The fourth-order valence-electron chi connectivity index (χ4n) is 2.61. The van der Waals surface area contributed by atoms with Gasteiger partial charge in [0, 0.05) is 6.20 Å². The van der Waals surface area contributed by atoms with Crippen molar-refractivity contribution in [2.45, 2.75) is 25.3 Å². The van der Waals surface area contributed by atoms with Crippen molar-refractivity contribution in [2.75, 3.05) is 13.1 Å². The second-order valence-electron chi connectivity index (χ2n) is 5.12. The lowest BCUT2D eigenvalue weighted by Gasteiger charge is -2.21. The van der Waals surface area contributed by atoms with Gasteiger partial charge >= 0.3 is 0 Å². The molecule has 0 bridgehead atoms. The summed E-state index contributed by atoms with van der Waals surface area (Å²) in [5, 5.41) is 7.79. The van der Waals surface area contributed by atoms with E-state index in [1.807, 2.05) is 10.9 Å². The Morgan fingerprint density at radius 1 is 1.21 bits per heavy atom. The molecule has 0 unspecified atom stereocenters. The molecule has 4 heteroatoms. The lowest BCUT2D eigenvalue weighted by Crippen LogP contribution is -2.26. The van der Waals surface area contributed by atoms with E-state index in [1.54, 1.807) is 12.1 Å². The van der Waals surface area contributed by atoms with Gasteiger partial charge in [0.05, 0.1) is 12.7 Å². The van der Waals surface area contributed by atoms with Gasteiger partial charge in [0.15, 0.2) is 0 Å². The molecule has 19 heavy (non-hydrogen) atoms. The Bertz CT molecular complexity index is 527. The predicted molar refractivity (Wildman–Crippen MR) is 72.6 cm³/mol. The molecule has 1 fully saturated rings.